The minimum absolute atomic E-state index is 0. The van der Waals surface area contributed by atoms with E-state index >= 15 is 0 Å². The van der Waals surface area contributed by atoms with E-state index in [1.807, 2.05) is 33.8 Å². The number of aryl methyl sites for hydroxylation is 3. The number of amides is 1. The average molecular weight is 393 g/mol. The van der Waals surface area contributed by atoms with Gasteiger partial charge in [-0.05, 0) is 60.1 Å². The highest BCUT2D eigenvalue weighted by atomic mass is 35.5. The fraction of sp³-hybridized carbons (Fsp3) is 0.579. The van der Waals surface area contributed by atoms with Crippen LogP contribution in [0.15, 0.2) is 6.07 Å². The van der Waals surface area contributed by atoms with Crippen LogP contribution < -0.4 is 10.6 Å². The van der Waals surface area contributed by atoms with Gasteiger partial charge in [0.2, 0.25) is 5.91 Å². The topological polar surface area (TPSA) is 84.7 Å². The molecule has 1 aliphatic heterocycles. The summed E-state index contributed by atoms with van der Waals surface area (Å²) >= 11 is 0. The van der Waals surface area contributed by atoms with Crippen LogP contribution in [0.2, 0.25) is 0 Å². The molecule has 2 aromatic rings. The second-order valence-electron chi connectivity index (χ2n) is 7.25. The van der Waals surface area contributed by atoms with E-state index in [0.717, 1.165) is 47.7 Å². The second kappa shape index (κ2) is 8.80. The van der Waals surface area contributed by atoms with Crippen molar-refractivity contribution in [2.45, 2.75) is 66.0 Å². The van der Waals surface area contributed by atoms with E-state index in [2.05, 4.69) is 32.6 Å². The normalized spacial score (nSPS) is 19.4. The number of nitrogens with one attached hydrogen (secondary N) is 2. The summed E-state index contributed by atoms with van der Waals surface area (Å²) in [6, 6.07) is 2.43. The lowest BCUT2D eigenvalue weighted by Crippen LogP contribution is -2.52. The van der Waals surface area contributed by atoms with Crippen LogP contribution in [-0.2, 0) is 11.2 Å². The van der Waals surface area contributed by atoms with Gasteiger partial charge >= 0.3 is 0 Å². The molecule has 1 fully saturated rings. The van der Waals surface area contributed by atoms with Crippen molar-refractivity contribution in [3.63, 3.8) is 0 Å². The third-order valence-electron chi connectivity index (χ3n) is 5.05. The fourth-order valence-corrected chi connectivity index (χ4v) is 3.59. The highest BCUT2D eigenvalue weighted by molar-refractivity contribution is 5.85. The van der Waals surface area contributed by atoms with Crippen LogP contribution in [0.4, 0.5) is 0 Å². The largest absolute Gasteiger partial charge is 0.352 e. The number of rotatable bonds is 4. The molecule has 27 heavy (non-hydrogen) atoms. The summed E-state index contributed by atoms with van der Waals surface area (Å²) in [5.74, 6) is 0.595. The maximum atomic E-state index is 12.6. The standard InChI is InChI=1S/C19H28N6O.ClH/c1-11-9-12(2)22-19(21-11)25-15(5)16(13(3)24-25)10-18(26)23-17-7-6-8-20-14(17)4;/h9,14,17,20H,6-8,10H2,1-5H3,(H,23,26);1H. The molecule has 3 heterocycles. The Balaban J connectivity index is 0.00000261. The molecule has 1 aliphatic rings. The van der Waals surface area contributed by atoms with Crippen LogP contribution in [0.25, 0.3) is 5.95 Å². The molecule has 7 nitrogen and oxygen atoms in total. The molecule has 2 aromatic heterocycles. The number of hydrogen-bond acceptors (Lipinski definition) is 5. The predicted octanol–water partition coefficient (Wildman–Crippen LogP) is 2.12. The first-order chi connectivity index (χ1) is 12.3. The molecule has 2 atom stereocenters. The number of carbonyl (C=O) groups is 1. The Kier molecular flexibility index (Phi) is 6.95. The molecule has 0 saturated carbocycles. The van der Waals surface area contributed by atoms with E-state index in [1.54, 1.807) is 4.68 Å². The van der Waals surface area contributed by atoms with Gasteiger partial charge in [-0.25, -0.2) is 14.6 Å². The van der Waals surface area contributed by atoms with Gasteiger partial charge in [0.1, 0.15) is 0 Å². The first-order valence-corrected chi connectivity index (χ1v) is 9.25. The van der Waals surface area contributed by atoms with E-state index in [4.69, 9.17) is 0 Å². The Morgan fingerprint density at radius 1 is 1.26 bits per heavy atom. The summed E-state index contributed by atoms with van der Waals surface area (Å²) in [4.78, 5) is 21.5. The molecule has 0 aliphatic carbocycles. The van der Waals surface area contributed by atoms with Crippen molar-refractivity contribution in [3.05, 3.63) is 34.4 Å². The Bertz CT molecular complexity index is 799. The zero-order valence-electron chi connectivity index (χ0n) is 16.7. The molecule has 0 aromatic carbocycles. The summed E-state index contributed by atoms with van der Waals surface area (Å²) in [6.07, 6.45) is 2.44. The molecular formula is C19H29ClN6O. The second-order valence-corrected chi connectivity index (χ2v) is 7.25. The van der Waals surface area contributed by atoms with E-state index in [1.165, 1.54) is 0 Å². The average Bonchev–Trinajstić information content (AvgIpc) is 2.84. The van der Waals surface area contributed by atoms with Gasteiger partial charge < -0.3 is 10.6 Å². The third kappa shape index (κ3) is 4.84. The number of hydrogen-bond donors (Lipinski definition) is 2. The molecule has 2 N–H and O–H groups in total. The van der Waals surface area contributed by atoms with Crippen molar-refractivity contribution in [1.82, 2.24) is 30.4 Å². The lowest BCUT2D eigenvalue weighted by atomic mass is 9.99. The lowest BCUT2D eigenvalue weighted by Gasteiger charge is -2.30. The number of halogens is 1. The number of nitrogens with zero attached hydrogens (tertiary/aromatic N) is 4. The monoisotopic (exact) mass is 392 g/mol. The van der Waals surface area contributed by atoms with Gasteiger partial charge in [-0.1, -0.05) is 0 Å². The maximum absolute atomic E-state index is 12.6. The summed E-state index contributed by atoms with van der Waals surface area (Å²) in [5, 5.41) is 11.2. The minimum atomic E-state index is 0. The Hall–Kier alpha value is -1.99. The summed E-state index contributed by atoms with van der Waals surface area (Å²) in [5.41, 5.74) is 4.51. The van der Waals surface area contributed by atoms with E-state index in [-0.39, 0.29) is 24.4 Å². The minimum Gasteiger partial charge on any atom is -0.352 e. The van der Waals surface area contributed by atoms with Crippen LogP contribution in [0.3, 0.4) is 0 Å². The van der Waals surface area contributed by atoms with Crippen molar-refractivity contribution < 1.29 is 4.79 Å². The van der Waals surface area contributed by atoms with Crippen LogP contribution >= 0.6 is 12.4 Å². The van der Waals surface area contributed by atoms with Gasteiger partial charge in [0.05, 0.1) is 12.1 Å². The van der Waals surface area contributed by atoms with Gasteiger partial charge in [0.15, 0.2) is 0 Å². The van der Waals surface area contributed by atoms with E-state index in [0.29, 0.717) is 18.4 Å². The lowest BCUT2D eigenvalue weighted by molar-refractivity contribution is -0.121. The summed E-state index contributed by atoms with van der Waals surface area (Å²) < 4.78 is 1.74. The molecule has 0 spiro atoms. The predicted molar refractivity (Wildman–Crippen MR) is 108 cm³/mol. The molecule has 2 unspecified atom stereocenters. The van der Waals surface area contributed by atoms with E-state index in [9.17, 15) is 4.79 Å². The van der Waals surface area contributed by atoms with Crippen LogP contribution in [0.5, 0.6) is 0 Å². The number of carbonyl (C=O) groups excluding carboxylic acids is 1. The zero-order chi connectivity index (χ0) is 18.8. The zero-order valence-corrected chi connectivity index (χ0v) is 17.5. The van der Waals surface area contributed by atoms with Crippen molar-refractivity contribution in [2.75, 3.05) is 6.54 Å². The van der Waals surface area contributed by atoms with Crippen molar-refractivity contribution >= 4 is 18.3 Å². The Morgan fingerprint density at radius 3 is 2.56 bits per heavy atom. The molecule has 148 valence electrons. The smallest absolute Gasteiger partial charge is 0.251 e. The Labute approximate surface area is 166 Å². The highest BCUT2D eigenvalue weighted by Gasteiger charge is 2.24. The fourth-order valence-electron chi connectivity index (χ4n) is 3.59. The van der Waals surface area contributed by atoms with Gasteiger partial charge in [0.25, 0.3) is 5.95 Å². The molecular weight excluding hydrogens is 364 g/mol. The van der Waals surface area contributed by atoms with Crippen molar-refractivity contribution in [2.24, 2.45) is 0 Å². The SMILES string of the molecule is Cc1cc(C)nc(-n2nc(C)c(CC(=O)NC3CCCNC3C)c2C)n1.Cl. The Morgan fingerprint density at radius 2 is 1.93 bits per heavy atom. The van der Waals surface area contributed by atoms with Crippen LogP contribution in [0, 0.1) is 27.7 Å². The molecule has 3 rings (SSSR count). The summed E-state index contributed by atoms with van der Waals surface area (Å²) in [7, 11) is 0. The third-order valence-corrected chi connectivity index (χ3v) is 5.05. The maximum Gasteiger partial charge on any atom is 0.251 e. The van der Waals surface area contributed by atoms with Crippen molar-refractivity contribution in [3.8, 4) is 5.95 Å². The van der Waals surface area contributed by atoms with Crippen LogP contribution in [0.1, 0.15) is 48.1 Å². The van der Waals surface area contributed by atoms with Crippen LogP contribution in [-0.4, -0.2) is 44.3 Å². The molecule has 0 radical (unpaired) electrons. The molecule has 0 bridgehead atoms. The summed E-state index contributed by atoms with van der Waals surface area (Å²) in [6.45, 7) is 10.9. The van der Waals surface area contributed by atoms with Gasteiger partial charge in [-0.15, -0.1) is 12.4 Å². The number of piperidine rings is 1. The molecule has 8 heteroatoms. The molecule has 1 saturated heterocycles. The van der Waals surface area contributed by atoms with E-state index < -0.39 is 0 Å². The highest BCUT2D eigenvalue weighted by Crippen LogP contribution is 2.18. The van der Waals surface area contributed by atoms with Gasteiger partial charge in [-0.3, -0.25) is 4.79 Å². The molecule has 1 amide bonds. The first kappa shape index (κ1) is 21.3. The number of aromatic nitrogens is 4. The quantitative estimate of drug-likeness (QED) is 0.832. The van der Waals surface area contributed by atoms with Gasteiger partial charge in [0, 0.05) is 34.7 Å². The van der Waals surface area contributed by atoms with Gasteiger partial charge in [-0.2, -0.15) is 5.10 Å². The first-order valence-electron chi connectivity index (χ1n) is 9.25. The van der Waals surface area contributed by atoms with Crippen molar-refractivity contribution in [1.29, 1.82) is 0 Å².